The number of hydrogen-bond donors (Lipinski definition) is 3. The molecule has 0 radical (unpaired) electrons. The molecule has 0 aliphatic heterocycles. The van der Waals surface area contributed by atoms with Crippen LogP contribution in [-0.4, -0.2) is 22.4 Å². The molecule has 3 amide bonds. The van der Waals surface area contributed by atoms with Crippen molar-refractivity contribution in [3.05, 3.63) is 93.1 Å². The average Bonchev–Trinajstić information content (AvgIpc) is 3.15. The number of nitrogens with zero attached hydrogens (tertiary/aromatic N) is 1. The number of anilines is 2. The van der Waals surface area contributed by atoms with E-state index < -0.39 is 17.7 Å². The summed E-state index contributed by atoms with van der Waals surface area (Å²) in [6.07, 6.45) is 0. The molecule has 4 rings (SSSR count). The van der Waals surface area contributed by atoms with Crippen molar-refractivity contribution in [2.45, 2.75) is 6.92 Å². The lowest BCUT2D eigenvalue weighted by atomic mass is 10.2. The van der Waals surface area contributed by atoms with Gasteiger partial charge >= 0.3 is 11.8 Å². The predicted molar refractivity (Wildman–Crippen MR) is 136 cm³/mol. The first-order valence-corrected chi connectivity index (χ1v) is 11.1. The topological polar surface area (TPSA) is 92.2 Å². The molecule has 3 N–H and O–H groups in total. The highest BCUT2D eigenvalue weighted by Crippen LogP contribution is 2.24. The second-order valence-corrected chi connectivity index (χ2v) is 8.67. The number of carbonyl (C=O) groups is 3. The molecular weight excluding hydrogens is 499 g/mol. The first-order valence-electron chi connectivity index (χ1n) is 9.97. The third-order valence-electron chi connectivity index (χ3n) is 4.95. The minimum absolute atomic E-state index is 0.0896. The number of aryl methyl sites for hydroxylation is 1. The standard InChI is InChI=1S/C24H17Cl3N4O3/c1-13-2-6-18(12-19(13)27)29-23(33)24(34)30-31-20-9-5-16(26)10-14(20)11-21(31)22(32)28-17-7-3-15(25)4-8-17/h2-12H,1H3,(H,28,32)(H,29,33)(H,30,34). The van der Waals surface area contributed by atoms with Gasteiger partial charge < -0.3 is 10.6 Å². The van der Waals surface area contributed by atoms with Gasteiger partial charge in [-0.05, 0) is 73.2 Å². The van der Waals surface area contributed by atoms with E-state index in [2.05, 4.69) is 16.1 Å². The highest BCUT2D eigenvalue weighted by atomic mass is 35.5. The molecule has 0 aliphatic rings. The smallest absolute Gasteiger partial charge is 0.321 e. The van der Waals surface area contributed by atoms with Crippen LogP contribution in [0.15, 0.2) is 66.7 Å². The largest absolute Gasteiger partial charge is 0.328 e. The van der Waals surface area contributed by atoms with Crippen LogP contribution in [0.1, 0.15) is 16.1 Å². The second-order valence-electron chi connectivity index (χ2n) is 7.39. The molecular formula is C24H17Cl3N4O3. The first kappa shape index (κ1) is 23.6. The zero-order chi connectivity index (χ0) is 24.4. The Balaban J connectivity index is 1.61. The molecule has 34 heavy (non-hydrogen) atoms. The Labute approximate surface area is 209 Å². The van der Waals surface area contributed by atoms with Gasteiger partial charge in [0.05, 0.1) is 5.52 Å². The molecule has 3 aromatic carbocycles. The summed E-state index contributed by atoms with van der Waals surface area (Å²) in [7, 11) is 0. The number of aromatic nitrogens is 1. The van der Waals surface area contributed by atoms with E-state index in [0.29, 0.717) is 37.3 Å². The van der Waals surface area contributed by atoms with Gasteiger partial charge in [0.25, 0.3) is 5.91 Å². The summed E-state index contributed by atoms with van der Waals surface area (Å²) < 4.78 is 1.24. The quantitative estimate of drug-likeness (QED) is 0.297. The maximum atomic E-state index is 13.0. The fraction of sp³-hybridized carbons (Fsp3) is 0.0417. The number of halogens is 3. The van der Waals surface area contributed by atoms with E-state index in [0.717, 1.165) is 5.56 Å². The van der Waals surface area contributed by atoms with Crippen LogP contribution in [0, 0.1) is 6.92 Å². The van der Waals surface area contributed by atoms with Gasteiger partial charge in [-0.15, -0.1) is 0 Å². The Hall–Kier alpha value is -3.52. The van der Waals surface area contributed by atoms with Crippen molar-refractivity contribution < 1.29 is 14.4 Å². The molecule has 0 unspecified atom stereocenters. The van der Waals surface area contributed by atoms with Crippen molar-refractivity contribution in [2.24, 2.45) is 0 Å². The number of fused-ring (bicyclic) bond motifs is 1. The Bertz CT molecular complexity index is 1430. The molecule has 0 bridgehead atoms. The van der Waals surface area contributed by atoms with E-state index in [-0.39, 0.29) is 5.69 Å². The van der Waals surface area contributed by atoms with Crippen LogP contribution in [0.4, 0.5) is 11.4 Å². The summed E-state index contributed by atoms with van der Waals surface area (Å²) in [6.45, 7) is 1.82. The second kappa shape index (κ2) is 9.77. The first-order chi connectivity index (χ1) is 16.2. The fourth-order valence-electron chi connectivity index (χ4n) is 3.21. The van der Waals surface area contributed by atoms with Crippen LogP contribution < -0.4 is 16.1 Å². The Morgan fingerprint density at radius 2 is 1.41 bits per heavy atom. The lowest BCUT2D eigenvalue weighted by Crippen LogP contribution is -2.36. The number of hydrogen-bond acceptors (Lipinski definition) is 3. The Kier molecular flexibility index (Phi) is 6.79. The molecule has 0 saturated carbocycles. The zero-order valence-corrected chi connectivity index (χ0v) is 19.9. The molecule has 7 nitrogen and oxygen atoms in total. The van der Waals surface area contributed by atoms with Crippen LogP contribution in [0.5, 0.6) is 0 Å². The van der Waals surface area contributed by atoms with E-state index in [1.165, 1.54) is 4.68 Å². The summed E-state index contributed by atoms with van der Waals surface area (Å²) in [5.74, 6) is -2.43. The van der Waals surface area contributed by atoms with Crippen molar-refractivity contribution in [3.63, 3.8) is 0 Å². The molecule has 10 heteroatoms. The number of benzene rings is 3. The lowest BCUT2D eigenvalue weighted by Gasteiger charge is -2.13. The average molecular weight is 516 g/mol. The summed E-state index contributed by atoms with van der Waals surface area (Å²) in [5, 5.41) is 7.25. The Morgan fingerprint density at radius 3 is 2.12 bits per heavy atom. The minimum Gasteiger partial charge on any atom is -0.321 e. The van der Waals surface area contributed by atoms with Gasteiger partial charge in [-0.1, -0.05) is 40.9 Å². The highest BCUT2D eigenvalue weighted by Gasteiger charge is 2.21. The van der Waals surface area contributed by atoms with E-state index in [1.807, 2.05) is 6.92 Å². The summed E-state index contributed by atoms with van der Waals surface area (Å²) in [4.78, 5) is 38.2. The molecule has 0 fully saturated rings. The highest BCUT2D eigenvalue weighted by molar-refractivity contribution is 6.42. The molecule has 0 atom stereocenters. The zero-order valence-electron chi connectivity index (χ0n) is 17.7. The van der Waals surface area contributed by atoms with Crippen LogP contribution in [-0.2, 0) is 9.59 Å². The fourth-order valence-corrected chi connectivity index (χ4v) is 3.70. The third-order valence-corrected chi connectivity index (χ3v) is 5.84. The van der Waals surface area contributed by atoms with Crippen molar-refractivity contribution in [1.29, 1.82) is 0 Å². The minimum atomic E-state index is -0.982. The monoisotopic (exact) mass is 514 g/mol. The van der Waals surface area contributed by atoms with Crippen molar-refractivity contribution in [1.82, 2.24) is 4.68 Å². The number of amides is 3. The van der Waals surface area contributed by atoms with Crippen LogP contribution in [0.25, 0.3) is 10.9 Å². The van der Waals surface area contributed by atoms with E-state index in [1.54, 1.807) is 66.7 Å². The van der Waals surface area contributed by atoms with E-state index in [9.17, 15) is 14.4 Å². The SMILES string of the molecule is Cc1ccc(NC(=O)C(=O)Nn2c(C(=O)Nc3ccc(Cl)cc3)cc3cc(Cl)ccc32)cc1Cl. The van der Waals surface area contributed by atoms with Gasteiger partial charge in [0.1, 0.15) is 5.69 Å². The predicted octanol–water partition coefficient (Wildman–Crippen LogP) is 5.87. The van der Waals surface area contributed by atoms with Gasteiger partial charge in [0, 0.05) is 31.8 Å². The van der Waals surface area contributed by atoms with Crippen LogP contribution >= 0.6 is 34.8 Å². The van der Waals surface area contributed by atoms with Crippen LogP contribution in [0.2, 0.25) is 15.1 Å². The van der Waals surface area contributed by atoms with Gasteiger partial charge in [0.2, 0.25) is 0 Å². The molecule has 4 aromatic rings. The maximum Gasteiger partial charge on any atom is 0.328 e. The third kappa shape index (κ3) is 5.17. The van der Waals surface area contributed by atoms with E-state index in [4.69, 9.17) is 34.8 Å². The number of carbonyl (C=O) groups excluding carboxylic acids is 3. The molecule has 0 aliphatic carbocycles. The van der Waals surface area contributed by atoms with Crippen molar-refractivity contribution in [2.75, 3.05) is 16.1 Å². The van der Waals surface area contributed by atoms with Crippen molar-refractivity contribution >= 4 is 74.8 Å². The summed E-state index contributed by atoms with van der Waals surface area (Å²) in [5.41, 5.74) is 4.75. The summed E-state index contributed by atoms with van der Waals surface area (Å²) in [6, 6.07) is 17.9. The molecule has 1 heterocycles. The van der Waals surface area contributed by atoms with Crippen molar-refractivity contribution in [3.8, 4) is 0 Å². The van der Waals surface area contributed by atoms with Gasteiger partial charge in [-0.25, -0.2) is 4.68 Å². The van der Waals surface area contributed by atoms with Gasteiger partial charge in [-0.2, -0.15) is 0 Å². The molecule has 0 saturated heterocycles. The number of rotatable bonds is 4. The summed E-state index contributed by atoms with van der Waals surface area (Å²) >= 11 is 18.1. The lowest BCUT2D eigenvalue weighted by molar-refractivity contribution is -0.133. The Morgan fingerprint density at radius 1 is 0.735 bits per heavy atom. The van der Waals surface area contributed by atoms with Gasteiger partial charge in [0.15, 0.2) is 0 Å². The molecule has 0 spiro atoms. The van der Waals surface area contributed by atoms with Gasteiger partial charge in [-0.3, -0.25) is 19.8 Å². The number of nitrogens with one attached hydrogen (secondary N) is 3. The molecule has 172 valence electrons. The normalized spacial score (nSPS) is 10.7. The van der Waals surface area contributed by atoms with Crippen LogP contribution in [0.3, 0.4) is 0 Å². The maximum absolute atomic E-state index is 13.0. The van der Waals surface area contributed by atoms with E-state index >= 15 is 0 Å². The molecule has 1 aromatic heterocycles.